The van der Waals surface area contributed by atoms with E-state index in [-0.39, 0.29) is 6.04 Å². The zero-order valence-corrected chi connectivity index (χ0v) is 9.98. The lowest BCUT2D eigenvalue weighted by atomic mass is 10.1. The van der Waals surface area contributed by atoms with Crippen LogP contribution in [0.15, 0.2) is 24.9 Å². The molecule has 2 aromatic heterocycles. The molecule has 0 aliphatic carbocycles. The minimum atomic E-state index is 0.110. The lowest BCUT2D eigenvalue weighted by Crippen LogP contribution is -2.40. The molecule has 1 aliphatic rings. The fourth-order valence-electron chi connectivity index (χ4n) is 2.31. The predicted molar refractivity (Wildman–Crippen MR) is 64.3 cm³/mol. The Balaban J connectivity index is 1.82. The van der Waals surface area contributed by atoms with Gasteiger partial charge in [-0.05, 0) is 6.07 Å². The third-order valence-corrected chi connectivity index (χ3v) is 3.28. The maximum absolute atomic E-state index is 5.89. The number of nitrogens with two attached hydrogens (primary N) is 1. The number of fused-ring (bicyclic) bond motifs is 1. The van der Waals surface area contributed by atoms with Crippen LogP contribution in [0.3, 0.4) is 0 Å². The fraction of sp³-hybridized carbons (Fsp3) is 0.455. The van der Waals surface area contributed by atoms with Gasteiger partial charge in [0, 0.05) is 25.8 Å². The minimum absolute atomic E-state index is 0.110. The van der Waals surface area contributed by atoms with Gasteiger partial charge in [-0.15, -0.1) is 10.2 Å². The van der Waals surface area contributed by atoms with Crippen molar-refractivity contribution in [1.82, 2.24) is 29.6 Å². The van der Waals surface area contributed by atoms with Crippen LogP contribution in [0.1, 0.15) is 17.6 Å². The largest absolute Gasteiger partial charge is 0.329 e. The van der Waals surface area contributed by atoms with Crippen LogP contribution in [0, 0.1) is 0 Å². The average Bonchev–Trinajstić information content (AvgIpc) is 2.88. The topological polar surface area (TPSA) is 85.8 Å². The van der Waals surface area contributed by atoms with Crippen molar-refractivity contribution in [3.05, 3.63) is 36.4 Å². The third-order valence-electron chi connectivity index (χ3n) is 3.28. The summed E-state index contributed by atoms with van der Waals surface area (Å²) in [4.78, 5) is 10.5. The molecular weight excluding hydrogens is 230 g/mol. The van der Waals surface area contributed by atoms with Gasteiger partial charge in [-0.3, -0.25) is 4.90 Å². The smallest absolute Gasteiger partial charge is 0.147 e. The summed E-state index contributed by atoms with van der Waals surface area (Å²) < 4.78 is 2.07. The highest BCUT2D eigenvalue weighted by Crippen LogP contribution is 2.21. The second kappa shape index (κ2) is 4.79. The molecule has 0 fully saturated rings. The van der Waals surface area contributed by atoms with Crippen LogP contribution in [0.25, 0.3) is 0 Å². The molecule has 2 N–H and O–H groups in total. The predicted octanol–water partition coefficient (Wildman–Crippen LogP) is -0.416. The Morgan fingerprint density at radius 3 is 3.11 bits per heavy atom. The minimum Gasteiger partial charge on any atom is -0.329 e. The molecule has 94 valence electrons. The van der Waals surface area contributed by atoms with Gasteiger partial charge in [0.05, 0.1) is 18.3 Å². The molecule has 0 radical (unpaired) electrons. The van der Waals surface area contributed by atoms with E-state index in [0.29, 0.717) is 6.54 Å². The van der Waals surface area contributed by atoms with Crippen LogP contribution in [-0.2, 0) is 13.1 Å². The summed E-state index contributed by atoms with van der Waals surface area (Å²) in [5, 5.41) is 8.04. The molecule has 0 saturated heterocycles. The molecule has 1 unspecified atom stereocenters. The Hall–Kier alpha value is -1.86. The highest BCUT2D eigenvalue weighted by molar-refractivity contribution is 5.07. The van der Waals surface area contributed by atoms with Gasteiger partial charge in [-0.1, -0.05) is 0 Å². The summed E-state index contributed by atoms with van der Waals surface area (Å²) in [6.45, 7) is 3.11. The Kier molecular flexibility index (Phi) is 2.99. The SMILES string of the molecule is NCC(c1ccncn1)N1CCn2cnnc2C1. The number of rotatable bonds is 3. The Bertz CT molecular complexity index is 509. The van der Waals surface area contributed by atoms with E-state index in [1.165, 1.54) is 0 Å². The number of hydrogen-bond donors (Lipinski definition) is 1. The number of aromatic nitrogens is 5. The normalized spacial score (nSPS) is 17.4. The van der Waals surface area contributed by atoms with Crippen molar-refractivity contribution in [3.8, 4) is 0 Å². The summed E-state index contributed by atoms with van der Waals surface area (Å²) in [7, 11) is 0. The molecule has 0 bridgehead atoms. The second-order valence-corrected chi connectivity index (χ2v) is 4.30. The van der Waals surface area contributed by atoms with Crippen molar-refractivity contribution in [2.24, 2.45) is 5.73 Å². The summed E-state index contributed by atoms with van der Waals surface area (Å²) in [6.07, 6.45) is 5.08. The lowest BCUT2D eigenvalue weighted by molar-refractivity contribution is 0.153. The van der Waals surface area contributed by atoms with Crippen molar-refractivity contribution in [3.63, 3.8) is 0 Å². The van der Waals surface area contributed by atoms with Gasteiger partial charge in [-0.25, -0.2) is 9.97 Å². The maximum atomic E-state index is 5.89. The van der Waals surface area contributed by atoms with Crippen LogP contribution in [0.4, 0.5) is 0 Å². The highest BCUT2D eigenvalue weighted by atomic mass is 15.3. The molecular formula is C11H15N7. The van der Waals surface area contributed by atoms with Gasteiger partial charge in [0.25, 0.3) is 0 Å². The molecule has 0 spiro atoms. The molecule has 1 aliphatic heterocycles. The summed E-state index contributed by atoms with van der Waals surface area (Å²) in [5.41, 5.74) is 6.84. The zero-order chi connectivity index (χ0) is 12.4. The highest BCUT2D eigenvalue weighted by Gasteiger charge is 2.25. The van der Waals surface area contributed by atoms with E-state index >= 15 is 0 Å². The summed E-state index contributed by atoms with van der Waals surface area (Å²) in [5.74, 6) is 0.980. The maximum Gasteiger partial charge on any atom is 0.147 e. The third kappa shape index (κ3) is 1.98. The van der Waals surface area contributed by atoms with Crippen molar-refractivity contribution in [1.29, 1.82) is 0 Å². The van der Waals surface area contributed by atoms with Crippen molar-refractivity contribution in [2.75, 3.05) is 13.1 Å². The molecule has 3 rings (SSSR count). The molecule has 1 atom stereocenters. The number of hydrogen-bond acceptors (Lipinski definition) is 6. The van der Waals surface area contributed by atoms with Crippen LogP contribution in [0.5, 0.6) is 0 Å². The second-order valence-electron chi connectivity index (χ2n) is 4.30. The van der Waals surface area contributed by atoms with Crippen molar-refractivity contribution in [2.45, 2.75) is 19.1 Å². The van der Waals surface area contributed by atoms with E-state index in [4.69, 9.17) is 5.73 Å². The van der Waals surface area contributed by atoms with Gasteiger partial charge in [0.2, 0.25) is 0 Å². The Labute approximate surface area is 105 Å². The van der Waals surface area contributed by atoms with Crippen LogP contribution >= 0.6 is 0 Å². The van der Waals surface area contributed by atoms with E-state index in [9.17, 15) is 0 Å². The standard InChI is InChI=1S/C11H15N7/c12-5-10(9-1-2-13-7-14-9)17-3-4-18-8-15-16-11(18)6-17/h1-2,7-8,10H,3-6,12H2. The molecule has 7 heteroatoms. The Morgan fingerprint density at radius 1 is 1.39 bits per heavy atom. The monoisotopic (exact) mass is 245 g/mol. The quantitative estimate of drug-likeness (QED) is 0.790. The fourth-order valence-corrected chi connectivity index (χ4v) is 2.31. The Morgan fingerprint density at radius 2 is 2.33 bits per heavy atom. The first kappa shape index (κ1) is 11.2. The number of nitrogens with zero attached hydrogens (tertiary/aromatic N) is 6. The molecule has 2 aromatic rings. The molecule has 3 heterocycles. The van der Waals surface area contributed by atoms with E-state index in [2.05, 4.69) is 29.6 Å². The van der Waals surface area contributed by atoms with Gasteiger partial charge in [-0.2, -0.15) is 0 Å². The van der Waals surface area contributed by atoms with Crippen LogP contribution in [-0.4, -0.2) is 42.7 Å². The van der Waals surface area contributed by atoms with Crippen LogP contribution in [0.2, 0.25) is 0 Å². The average molecular weight is 245 g/mol. The van der Waals surface area contributed by atoms with Crippen molar-refractivity contribution < 1.29 is 0 Å². The first-order chi connectivity index (χ1) is 8.88. The zero-order valence-electron chi connectivity index (χ0n) is 9.98. The van der Waals surface area contributed by atoms with E-state index < -0.39 is 0 Å². The molecule has 18 heavy (non-hydrogen) atoms. The molecule has 7 nitrogen and oxygen atoms in total. The van der Waals surface area contributed by atoms with E-state index in [1.54, 1.807) is 18.9 Å². The van der Waals surface area contributed by atoms with E-state index in [0.717, 1.165) is 31.2 Å². The van der Waals surface area contributed by atoms with Gasteiger partial charge in [0.1, 0.15) is 18.5 Å². The van der Waals surface area contributed by atoms with Gasteiger partial charge >= 0.3 is 0 Å². The first-order valence-electron chi connectivity index (χ1n) is 5.95. The van der Waals surface area contributed by atoms with Crippen LogP contribution < -0.4 is 5.73 Å². The van der Waals surface area contributed by atoms with Crippen molar-refractivity contribution >= 4 is 0 Å². The first-order valence-corrected chi connectivity index (χ1v) is 5.95. The lowest BCUT2D eigenvalue weighted by Gasteiger charge is -2.33. The van der Waals surface area contributed by atoms with Gasteiger partial charge in [0.15, 0.2) is 0 Å². The summed E-state index contributed by atoms with van der Waals surface area (Å²) in [6, 6.07) is 2.02. The van der Waals surface area contributed by atoms with E-state index in [1.807, 2.05) is 6.07 Å². The molecule has 0 aromatic carbocycles. The van der Waals surface area contributed by atoms with Gasteiger partial charge < -0.3 is 10.3 Å². The molecule has 0 amide bonds. The summed E-state index contributed by atoms with van der Waals surface area (Å²) >= 11 is 0. The molecule has 0 saturated carbocycles.